The molecule has 16 heavy (non-hydrogen) atoms. The zero-order valence-electron chi connectivity index (χ0n) is 10.2. The van der Waals surface area contributed by atoms with Crippen molar-refractivity contribution < 1.29 is 4.74 Å². The molecule has 1 aromatic heterocycles. The molecule has 0 aliphatic carbocycles. The number of nitrogens with zero attached hydrogens (tertiary/aromatic N) is 1. The van der Waals surface area contributed by atoms with Crippen LogP contribution in [-0.2, 0) is 0 Å². The Morgan fingerprint density at radius 2 is 2.38 bits per heavy atom. The van der Waals surface area contributed by atoms with Crippen LogP contribution in [0.3, 0.4) is 0 Å². The molecule has 0 saturated carbocycles. The Morgan fingerprint density at radius 1 is 1.56 bits per heavy atom. The zero-order valence-corrected chi connectivity index (χ0v) is 11.0. The monoisotopic (exact) mass is 240 g/mol. The number of hydrogen-bond acceptors (Lipinski definition) is 4. The summed E-state index contributed by atoms with van der Waals surface area (Å²) >= 11 is 1.82. The van der Waals surface area contributed by atoms with Crippen molar-refractivity contribution in [1.29, 1.82) is 0 Å². The van der Waals surface area contributed by atoms with Gasteiger partial charge in [0.1, 0.15) is 5.75 Å². The Hall–Kier alpha value is -0.740. The lowest BCUT2D eigenvalue weighted by Gasteiger charge is -2.19. The fourth-order valence-corrected chi connectivity index (χ4v) is 2.17. The highest BCUT2D eigenvalue weighted by Gasteiger charge is 2.15. The molecule has 0 saturated heterocycles. The van der Waals surface area contributed by atoms with E-state index >= 15 is 0 Å². The van der Waals surface area contributed by atoms with Gasteiger partial charge in [0, 0.05) is 11.9 Å². The lowest BCUT2D eigenvalue weighted by molar-refractivity contribution is 0.398. The van der Waals surface area contributed by atoms with Crippen LogP contribution >= 0.6 is 11.8 Å². The molecule has 0 fully saturated rings. The molecule has 1 N–H and O–H groups in total. The van der Waals surface area contributed by atoms with Gasteiger partial charge < -0.3 is 10.1 Å². The van der Waals surface area contributed by atoms with E-state index in [1.165, 1.54) is 0 Å². The Labute approximate surface area is 102 Å². The van der Waals surface area contributed by atoms with Crippen molar-refractivity contribution >= 4 is 11.8 Å². The van der Waals surface area contributed by atoms with Crippen molar-refractivity contribution in [2.24, 2.45) is 0 Å². The van der Waals surface area contributed by atoms with Gasteiger partial charge in [-0.3, -0.25) is 4.98 Å². The summed E-state index contributed by atoms with van der Waals surface area (Å²) in [5, 5.41) is 3.50. The first-order valence-corrected chi connectivity index (χ1v) is 6.94. The summed E-state index contributed by atoms with van der Waals surface area (Å²) in [6.07, 6.45) is 5.05. The molecule has 0 amide bonds. The zero-order chi connectivity index (χ0) is 11.8. The Morgan fingerprint density at radius 3 is 3.00 bits per heavy atom. The number of thioether (sulfide) groups is 1. The predicted molar refractivity (Wildman–Crippen MR) is 70.2 cm³/mol. The minimum atomic E-state index is 0.270. The molecule has 1 atom stereocenters. The van der Waals surface area contributed by atoms with E-state index < -0.39 is 0 Å². The first-order valence-electron chi connectivity index (χ1n) is 5.54. The van der Waals surface area contributed by atoms with Crippen LogP contribution in [0.4, 0.5) is 0 Å². The quantitative estimate of drug-likeness (QED) is 0.794. The largest absolute Gasteiger partial charge is 0.495 e. The van der Waals surface area contributed by atoms with Crippen LogP contribution in [0.1, 0.15) is 25.1 Å². The molecule has 1 heterocycles. The summed E-state index contributed by atoms with van der Waals surface area (Å²) in [4.78, 5) is 4.42. The number of pyridine rings is 1. The molecule has 4 heteroatoms. The van der Waals surface area contributed by atoms with Gasteiger partial charge in [0.2, 0.25) is 0 Å². The van der Waals surface area contributed by atoms with Gasteiger partial charge >= 0.3 is 0 Å². The first-order chi connectivity index (χ1) is 7.83. The fraction of sp³-hybridized carbons (Fsp3) is 0.583. The maximum atomic E-state index is 5.34. The van der Waals surface area contributed by atoms with Gasteiger partial charge in [-0.15, -0.1) is 0 Å². The molecule has 0 aromatic carbocycles. The van der Waals surface area contributed by atoms with Gasteiger partial charge in [0.25, 0.3) is 0 Å². The molecule has 0 radical (unpaired) electrons. The molecule has 1 unspecified atom stereocenters. The smallest absolute Gasteiger partial charge is 0.142 e. The molecule has 0 spiro atoms. The molecule has 0 bridgehead atoms. The highest BCUT2D eigenvalue weighted by molar-refractivity contribution is 7.98. The number of rotatable bonds is 7. The highest BCUT2D eigenvalue weighted by atomic mass is 32.2. The van der Waals surface area contributed by atoms with Crippen LogP contribution in [0.2, 0.25) is 0 Å². The number of aromatic nitrogens is 1. The highest BCUT2D eigenvalue weighted by Crippen LogP contribution is 2.24. The molecular formula is C12H20N2OS. The Kier molecular flexibility index (Phi) is 6.26. The van der Waals surface area contributed by atoms with Gasteiger partial charge in [0.15, 0.2) is 0 Å². The summed E-state index contributed by atoms with van der Waals surface area (Å²) < 4.78 is 5.34. The average Bonchev–Trinajstić information content (AvgIpc) is 2.34. The predicted octanol–water partition coefficient (Wildman–Crippen LogP) is 2.49. The van der Waals surface area contributed by atoms with E-state index in [1.54, 1.807) is 7.11 Å². The molecule has 1 aromatic rings. The minimum Gasteiger partial charge on any atom is -0.495 e. The van der Waals surface area contributed by atoms with E-state index in [0.717, 1.165) is 30.2 Å². The lowest BCUT2D eigenvalue weighted by Crippen LogP contribution is -2.25. The standard InChI is InChI=1S/C12H20N2OS/c1-4-7-13-10(9-16-3)12-11(15-2)6-5-8-14-12/h5-6,8,10,13H,4,7,9H2,1-3H3. The fourth-order valence-electron chi connectivity index (χ4n) is 1.56. The van der Waals surface area contributed by atoms with E-state index in [2.05, 4.69) is 23.5 Å². The van der Waals surface area contributed by atoms with E-state index in [4.69, 9.17) is 4.74 Å². The van der Waals surface area contributed by atoms with Crippen molar-refractivity contribution in [2.45, 2.75) is 19.4 Å². The summed E-state index contributed by atoms with van der Waals surface area (Å²) in [5.41, 5.74) is 1.01. The van der Waals surface area contributed by atoms with Crippen LogP contribution in [0.15, 0.2) is 18.3 Å². The molecule has 3 nitrogen and oxygen atoms in total. The van der Waals surface area contributed by atoms with Crippen LogP contribution in [0.25, 0.3) is 0 Å². The third-order valence-electron chi connectivity index (χ3n) is 2.32. The number of hydrogen-bond donors (Lipinski definition) is 1. The van der Waals surface area contributed by atoms with Crippen molar-refractivity contribution in [3.8, 4) is 5.75 Å². The van der Waals surface area contributed by atoms with Crippen LogP contribution in [-0.4, -0.2) is 30.6 Å². The van der Waals surface area contributed by atoms with Crippen molar-refractivity contribution in [2.75, 3.05) is 25.7 Å². The number of nitrogens with one attached hydrogen (secondary N) is 1. The maximum Gasteiger partial charge on any atom is 0.142 e. The lowest BCUT2D eigenvalue weighted by atomic mass is 10.2. The first kappa shape index (κ1) is 13.3. The second-order valence-corrected chi connectivity index (χ2v) is 4.46. The van der Waals surface area contributed by atoms with Crippen LogP contribution in [0.5, 0.6) is 5.75 Å². The topological polar surface area (TPSA) is 34.2 Å². The molecule has 0 aliphatic rings. The molecular weight excluding hydrogens is 220 g/mol. The molecule has 90 valence electrons. The SMILES string of the molecule is CCCNC(CSC)c1ncccc1OC. The van der Waals surface area contributed by atoms with Crippen molar-refractivity contribution in [3.63, 3.8) is 0 Å². The van der Waals surface area contributed by atoms with E-state index in [9.17, 15) is 0 Å². The summed E-state index contributed by atoms with van der Waals surface area (Å²) in [5.74, 6) is 1.87. The van der Waals surface area contributed by atoms with Crippen LogP contribution < -0.4 is 10.1 Å². The van der Waals surface area contributed by atoms with Crippen molar-refractivity contribution in [1.82, 2.24) is 10.3 Å². The van der Waals surface area contributed by atoms with Gasteiger partial charge in [-0.1, -0.05) is 6.92 Å². The summed E-state index contributed by atoms with van der Waals surface area (Å²) in [6, 6.07) is 4.13. The normalized spacial score (nSPS) is 12.4. The van der Waals surface area contributed by atoms with Crippen molar-refractivity contribution in [3.05, 3.63) is 24.0 Å². The summed E-state index contributed by atoms with van der Waals surface area (Å²) in [6.45, 7) is 3.17. The van der Waals surface area contributed by atoms with E-state index in [0.29, 0.717) is 0 Å². The third-order valence-corrected chi connectivity index (χ3v) is 2.99. The second-order valence-electron chi connectivity index (χ2n) is 3.55. The Balaban J connectivity index is 2.81. The van der Waals surface area contributed by atoms with E-state index in [1.807, 2.05) is 30.1 Å². The third kappa shape index (κ3) is 3.68. The molecule has 0 aliphatic heterocycles. The van der Waals surface area contributed by atoms with E-state index in [-0.39, 0.29) is 6.04 Å². The van der Waals surface area contributed by atoms with Gasteiger partial charge in [0.05, 0.1) is 18.8 Å². The average molecular weight is 240 g/mol. The number of methoxy groups -OCH3 is 1. The molecule has 1 rings (SSSR count). The van der Waals surface area contributed by atoms with Crippen LogP contribution in [0, 0.1) is 0 Å². The maximum absolute atomic E-state index is 5.34. The minimum absolute atomic E-state index is 0.270. The van der Waals surface area contributed by atoms with Gasteiger partial charge in [-0.25, -0.2) is 0 Å². The Bertz CT molecular complexity index is 307. The second kappa shape index (κ2) is 7.52. The van der Waals surface area contributed by atoms with Gasteiger partial charge in [-0.2, -0.15) is 11.8 Å². The summed E-state index contributed by atoms with van der Waals surface area (Å²) in [7, 11) is 1.69. The number of ether oxygens (including phenoxy) is 1. The van der Waals surface area contributed by atoms with Gasteiger partial charge in [-0.05, 0) is 31.4 Å².